The third kappa shape index (κ3) is 3.93. The molecule has 0 fully saturated rings. The van der Waals surface area contributed by atoms with Crippen LogP contribution in [0.3, 0.4) is 0 Å². The smallest absolute Gasteiger partial charge is 0.367 e. The van der Waals surface area contributed by atoms with Crippen LogP contribution in [0, 0.1) is 5.82 Å². The lowest BCUT2D eigenvalue weighted by Crippen LogP contribution is -2.29. The summed E-state index contributed by atoms with van der Waals surface area (Å²) < 4.78 is 56.4. The van der Waals surface area contributed by atoms with Crippen LogP contribution < -0.4 is 10.6 Å². The lowest BCUT2D eigenvalue weighted by Gasteiger charge is -2.10. The van der Waals surface area contributed by atoms with E-state index in [0.29, 0.717) is 24.5 Å². The molecule has 4 nitrogen and oxygen atoms in total. The van der Waals surface area contributed by atoms with Crippen molar-refractivity contribution in [1.82, 2.24) is 9.69 Å². The topological polar surface area (TPSA) is 54.0 Å². The van der Waals surface area contributed by atoms with Gasteiger partial charge in [-0.1, -0.05) is 12.1 Å². The maximum Gasteiger partial charge on any atom is 0.419 e. The summed E-state index contributed by atoms with van der Waals surface area (Å²) in [6, 6.07) is 9.76. The Bertz CT molecular complexity index is 939. The van der Waals surface area contributed by atoms with Crippen molar-refractivity contribution >= 4 is 33.3 Å². The maximum atomic E-state index is 13.5. The van der Waals surface area contributed by atoms with Crippen molar-refractivity contribution in [1.29, 1.82) is 0 Å². The van der Waals surface area contributed by atoms with E-state index in [1.54, 1.807) is 0 Å². The fourth-order valence-electron chi connectivity index (χ4n) is 2.36. The summed E-state index contributed by atoms with van der Waals surface area (Å²) in [6.07, 6.45) is -4.79. The number of hydrogen-bond donors (Lipinski definition) is 2. The van der Waals surface area contributed by atoms with Crippen LogP contribution in [-0.2, 0) is 6.18 Å². The van der Waals surface area contributed by atoms with E-state index in [2.05, 4.69) is 15.0 Å². The lowest BCUT2D eigenvalue weighted by molar-refractivity contribution is -0.140. The molecular formula is C17H13F4N3OS. The molecule has 1 heterocycles. The van der Waals surface area contributed by atoms with Crippen LogP contribution in [0.2, 0.25) is 0 Å². The van der Waals surface area contributed by atoms with Crippen molar-refractivity contribution in [2.75, 3.05) is 18.4 Å². The Labute approximate surface area is 150 Å². The first kappa shape index (κ1) is 18.1. The zero-order chi connectivity index (χ0) is 18.7. The van der Waals surface area contributed by atoms with Gasteiger partial charge >= 0.3 is 6.18 Å². The van der Waals surface area contributed by atoms with E-state index in [4.69, 9.17) is 0 Å². The van der Waals surface area contributed by atoms with Gasteiger partial charge in [-0.15, -0.1) is 0 Å². The minimum absolute atomic E-state index is 0.172. The third-order valence-electron chi connectivity index (χ3n) is 3.62. The van der Waals surface area contributed by atoms with Crippen molar-refractivity contribution in [2.24, 2.45) is 0 Å². The van der Waals surface area contributed by atoms with Gasteiger partial charge in [0.25, 0.3) is 5.91 Å². The molecule has 136 valence electrons. The zero-order valence-corrected chi connectivity index (χ0v) is 14.0. The minimum Gasteiger partial charge on any atom is -0.367 e. The quantitative estimate of drug-likeness (QED) is 0.510. The molecule has 1 aromatic heterocycles. The number of carbonyl (C=O) groups is 1. The van der Waals surface area contributed by atoms with E-state index in [1.165, 1.54) is 11.5 Å². The Morgan fingerprint density at radius 3 is 2.62 bits per heavy atom. The molecule has 0 atom stereocenters. The molecule has 3 aromatic rings. The SMILES string of the molecule is O=C(NCCNc1nsc2ccccc12)c1ccc(C(F)(F)F)c(F)c1. The minimum atomic E-state index is -4.79. The molecule has 1 amide bonds. The van der Waals surface area contributed by atoms with Crippen LogP contribution in [-0.4, -0.2) is 23.4 Å². The molecule has 0 saturated carbocycles. The van der Waals surface area contributed by atoms with Crippen molar-refractivity contribution in [3.63, 3.8) is 0 Å². The van der Waals surface area contributed by atoms with Gasteiger partial charge in [0.05, 0.1) is 10.3 Å². The highest BCUT2D eigenvalue weighted by Gasteiger charge is 2.34. The maximum absolute atomic E-state index is 13.5. The monoisotopic (exact) mass is 383 g/mol. The number of aromatic nitrogens is 1. The van der Waals surface area contributed by atoms with E-state index in [9.17, 15) is 22.4 Å². The highest BCUT2D eigenvalue weighted by Crippen LogP contribution is 2.31. The summed E-state index contributed by atoms with van der Waals surface area (Å²) in [4.78, 5) is 11.9. The molecular weight excluding hydrogens is 370 g/mol. The summed E-state index contributed by atoms with van der Waals surface area (Å²) in [5.41, 5.74) is -1.57. The van der Waals surface area contributed by atoms with Crippen LogP contribution in [0.15, 0.2) is 42.5 Å². The normalized spacial score (nSPS) is 11.5. The predicted molar refractivity (Wildman–Crippen MR) is 91.8 cm³/mol. The van der Waals surface area contributed by atoms with E-state index >= 15 is 0 Å². The Balaban J connectivity index is 1.55. The number of fused-ring (bicyclic) bond motifs is 1. The van der Waals surface area contributed by atoms with Gasteiger partial charge in [0.2, 0.25) is 0 Å². The molecule has 0 aliphatic carbocycles. The van der Waals surface area contributed by atoms with E-state index in [-0.39, 0.29) is 12.1 Å². The van der Waals surface area contributed by atoms with Crippen LogP contribution in [0.25, 0.3) is 10.1 Å². The van der Waals surface area contributed by atoms with Gasteiger partial charge in [-0.25, -0.2) is 4.39 Å². The van der Waals surface area contributed by atoms with Crippen LogP contribution in [0.5, 0.6) is 0 Å². The number of nitrogens with one attached hydrogen (secondary N) is 2. The summed E-state index contributed by atoms with van der Waals surface area (Å²) >= 11 is 1.35. The molecule has 0 saturated heterocycles. The molecule has 0 spiro atoms. The van der Waals surface area contributed by atoms with E-state index < -0.39 is 23.5 Å². The van der Waals surface area contributed by atoms with Crippen molar-refractivity contribution < 1.29 is 22.4 Å². The largest absolute Gasteiger partial charge is 0.419 e. The van der Waals surface area contributed by atoms with Crippen molar-refractivity contribution in [3.05, 3.63) is 59.4 Å². The van der Waals surface area contributed by atoms with E-state index in [1.807, 2.05) is 24.3 Å². The van der Waals surface area contributed by atoms with Gasteiger partial charge in [-0.2, -0.15) is 17.5 Å². The van der Waals surface area contributed by atoms with Crippen molar-refractivity contribution in [2.45, 2.75) is 6.18 Å². The van der Waals surface area contributed by atoms with Crippen molar-refractivity contribution in [3.8, 4) is 0 Å². The lowest BCUT2D eigenvalue weighted by atomic mass is 10.1. The van der Waals surface area contributed by atoms with Crippen LogP contribution in [0.1, 0.15) is 15.9 Å². The summed E-state index contributed by atoms with van der Waals surface area (Å²) in [6.45, 7) is 0.565. The average Bonchev–Trinajstić information content (AvgIpc) is 3.00. The molecule has 0 radical (unpaired) electrons. The Hall–Kier alpha value is -2.68. The first-order valence-corrected chi connectivity index (χ1v) is 8.37. The van der Waals surface area contributed by atoms with Crippen LogP contribution in [0.4, 0.5) is 23.4 Å². The second kappa shape index (κ2) is 7.28. The summed E-state index contributed by atoms with van der Waals surface area (Å²) in [5.74, 6) is -1.43. The molecule has 0 bridgehead atoms. The molecule has 9 heteroatoms. The average molecular weight is 383 g/mol. The molecule has 0 aliphatic heterocycles. The fraction of sp³-hybridized carbons (Fsp3) is 0.176. The molecule has 0 unspecified atom stereocenters. The number of alkyl halides is 3. The van der Waals surface area contributed by atoms with Crippen LogP contribution >= 0.6 is 11.5 Å². The second-order valence-electron chi connectivity index (χ2n) is 5.40. The number of anilines is 1. The molecule has 2 N–H and O–H groups in total. The van der Waals surface area contributed by atoms with Gasteiger partial charge in [-0.05, 0) is 41.9 Å². The third-order valence-corrected chi connectivity index (χ3v) is 4.44. The van der Waals surface area contributed by atoms with Gasteiger partial charge < -0.3 is 10.6 Å². The highest BCUT2D eigenvalue weighted by atomic mass is 32.1. The first-order chi connectivity index (χ1) is 12.4. The zero-order valence-electron chi connectivity index (χ0n) is 13.2. The number of halogens is 4. The van der Waals surface area contributed by atoms with Gasteiger partial charge in [-0.3, -0.25) is 4.79 Å². The predicted octanol–water partition coefficient (Wildman–Crippen LogP) is 4.30. The molecule has 26 heavy (non-hydrogen) atoms. The van der Waals surface area contributed by atoms with E-state index in [0.717, 1.165) is 16.2 Å². The standard InChI is InChI=1S/C17H13F4N3OS/c18-13-9-10(5-6-12(13)17(19,20)21)16(25)23-8-7-22-15-11-3-1-2-4-14(11)26-24-15/h1-6,9H,7-8H2,(H,22,24)(H,23,25). The number of benzene rings is 2. The molecule has 0 aliphatic rings. The number of rotatable bonds is 5. The second-order valence-corrected chi connectivity index (χ2v) is 6.21. The van der Waals surface area contributed by atoms with Gasteiger partial charge in [0, 0.05) is 24.0 Å². The Morgan fingerprint density at radius 2 is 1.88 bits per heavy atom. The number of nitrogens with zero attached hydrogens (tertiary/aromatic N) is 1. The highest BCUT2D eigenvalue weighted by molar-refractivity contribution is 7.13. The fourth-order valence-corrected chi connectivity index (χ4v) is 3.11. The molecule has 3 rings (SSSR count). The summed E-state index contributed by atoms with van der Waals surface area (Å²) in [7, 11) is 0. The Kier molecular flexibility index (Phi) is 5.08. The summed E-state index contributed by atoms with van der Waals surface area (Å²) in [5, 5.41) is 6.56. The first-order valence-electron chi connectivity index (χ1n) is 7.59. The number of carbonyl (C=O) groups excluding carboxylic acids is 1. The van der Waals surface area contributed by atoms with Gasteiger partial charge in [0.15, 0.2) is 0 Å². The number of hydrogen-bond acceptors (Lipinski definition) is 4. The molecule has 2 aromatic carbocycles. The number of amides is 1. The van der Waals surface area contributed by atoms with Gasteiger partial charge in [0.1, 0.15) is 11.6 Å². The Morgan fingerprint density at radius 1 is 1.12 bits per heavy atom.